The van der Waals surface area contributed by atoms with Gasteiger partial charge in [0.2, 0.25) is 0 Å². The zero-order chi connectivity index (χ0) is 49.9. The van der Waals surface area contributed by atoms with Gasteiger partial charge in [-0.15, -0.1) is 0 Å². The minimum Gasteiger partial charge on any atom is -0.311 e. The molecule has 0 unspecified atom stereocenters. The predicted molar refractivity (Wildman–Crippen MR) is 307 cm³/mol. The minimum atomic E-state index is -0.0204. The molecule has 0 amide bonds. The zero-order valence-electron chi connectivity index (χ0n) is 44.4. The van der Waals surface area contributed by atoms with E-state index in [9.17, 15) is 0 Å². The van der Waals surface area contributed by atoms with E-state index in [1.54, 1.807) is 0 Å². The molecule has 0 bridgehead atoms. The van der Waals surface area contributed by atoms with Crippen molar-refractivity contribution in [2.45, 2.75) is 119 Å². The van der Waals surface area contributed by atoms with Gasteiger partial charge in [-0.2, -0.15) is 0 Å². The maximum atomic E-state index is 2.63. The lowest BCUT2D eigenvalue weighted by Gasteiger charge is -2.45. The molecule has 0 N–H and O–H groups in total. The summed E-state index contributed by atoms with van der Waals surface area (Å²) >= 11 is 0. The monoisotopic (exact) mass is 928 g/mol. The van der Waals surface area contributed by atoms with E-state index in [2.05, 4.69) is 269 Å². The third-order valence-electron chi connectivity index (χ3n) is 15.7. The molecule has 2 heterocycles. The number of nitrogens with zero attached hydrogens (tertiary/aromatic N) is 3. The molecule has 71 heavy (non-hydrogen) atoms. The second kappa shape index (κ2) is 16.7. The Labute approximate surface area is 425 Å². The van der Waals surface area contributed by atoms with Gasteiger partial charge in [0.25, 0.3) is 6.71 Å². The number of fused-ring (bicyclic) bond motifs is 5. The van der Waals surface area contributed by atoms with Crippen LogP contribution in [0.4, 0.5) is 51.2 Å². The highest BCUT2D eigenvalue weighted by Gasteiger charge is 2.46. The molecule has 0 saturated carbocycles. The van der Waals surface area contributed by atoms with Crippen molar-refractivity contribution >= 4 is 74.3 Å². The van der Waals surface area contributed by atoms with Crippen LogP contribution >= 0.6 is 0 Å². The van der Waals surface area contributed by atoms with Crippen molar-refractivity contribution in [3.8, 4) is 11.1 Å². The van der Waals surface area contributed by atoms with Crippen LogP contribution in [0.1, 0.15) is 115 Å². The molecule has 3 nitrogen and oxygen atoms in total. The third kappa shape index (κ3) is 8.18. The Morgan fingerprint density at radius 2 is 0.831 bits per heavy atom. The molecule has 8 aromatic carbocycles. The number of anilines is 9. The average Bonchev–Trinajstić information content (AvgIpc) is 3.63. The van der Waals surface area contributed by atoms with Gasteiger partial charge in [0, 0.05) is 45.5 Å². The molecular weight excluding hydrogens is 858 g/mol. The van der Waals surface area contributed by atoms with Gasteiger partial charge in [0.1, 0.15) is 0 Å². The molecule has 0 aromatic heterocycles. The maximum Gasteiger partial charge on any atom is 0.252 e. The summed E-state index contributed by atoms with van der Waals surface area (Å²) in [6.45, 7) is 30.1. The Kier molecular flexibility index (Phi) is 10.9. The lowest BCUT2D eigenvalue weighted by atomic mass is 9.33. The molecule has 0 fully saturated rings. The summed E-state index contributed by atoms with van der Waals surface area (Å²) < 4.78 is 0. The Hall–Kier alpha value is -6.78. The molecule has 8 aromatic rings. The van der Waals surface area contributed by atoms with E-state index >= 15 is 0 Å². The SMILES string of the molecule is Cc1ccccc1N1c2ccc(-c3ccc(C(C)(C)C)cc3)cc2B2c3cc4c(cc3N(c3ccccc3C)c3cc(N(c5ccc(C(C)(C)C)cc5)c5ccc(C(C)(C)C)cc5)cc1c32)CC(C)(C)C4. The first kappa shape index (κ1) is 46.6. The van der Waals surface area contributed by atoms with Crippen molar-refractivity contribution in [2.75, 3.05) is 14.7 Å². The van der Waals surface area contributed by atoms with E-state index < -0.39 is 0 Å². The number of hydrogen-bond donors (Lipinski definition) is 0. The predicted octanol–water partition coefficient (Wildman–Crippen LogP) is 16.5. The highest BCUT2D eigenvalue weighted by Crippen LogP contribution is 2.51. The van der Waals surface area contributed by atoms with Crippen molar-refractivity contribution in [1.82, 2.24) is 0 Å². The molecule has 4 heteroatoms. The zero-order valence-corrected chi connectivity index (χ0v) is 44.4. The number of aryl methyl sites for hydroxylation is 2. The van der Waals surface area contributed by atoms with E-state index in [0.29, 0.717) is 0 Å². The number of rotatable bonds is 6. The lowest BCUT2D eigenvalue weighted by molar-refractivity contribution is 0.392. The van der Waals surface area contributed by atoms with Crippen LogP contribution in [-0.2, 0) is 29.1 Å². The minimum absolute atomic E-state index is 0.0204. The fraction of sp³-hybridized carbons (Fsp3) is 0.284. The van der Waals surface area contributed by atoms with Crippen LogP contribution in [-0.4, -0.2) is 6.71 Å². The second-order valence-corrected chi connectivity index (χ2v) is 24.8. The average molecular weight is 928 g/mol. The van der Waals surface area contributed by atoms with Crippen molar-refractivity contribution in [3.05, 3.63) is 203 Å². The van der Waals surface area contributed by atoms with Crippen molar-refractivity contribution < 1.29 is 0 Å². The molecular formula is C67H70BN3. The van der Waals surface area contributed by atoms with Gasteiger partial charge < -0.3 is 14.7 Å². The van der Waals surface area contributed by atoms with Crippen LogP contribution in [0.2, 0.25) is 0 Å². The summed E-state index contributed by atoms with van der Waals surface area (Å²) in [5.74, 6) is 0. The number of para-hydroxylation sites is 2. The largest absolute Gasteiger partial charge is 0.311 e. The standard InChI is InChI=1S/C67H70BN3/c1-43-18-14-16-20-57(43)70-59-35-24-46(45-22-25-49(26-23-45)64(3,4)5)36-55(59)68-56-37-47-41-67(12,13)42-48(47)38-60(56)71(58-21-17-15-19-44(58)2)62-40-54(39-61(70)63(62)68)69(52-31-27-50(28-32-52)65(6,7)8)53-33-29-51(30-34-53)66(9,10)11/h14-40H,41-42H2,1-13H3. The van der Waals surface area contributed by atoms with Crippen molar-refractivity contribution in [3.63, 3.8) is 0 Å². The quantitative estimate of drug-likeness (QED) is 0.154. The second-order valence-electron chi connectivity index (χ2n) is 24.8. The molecule has 0 saturated heterocycles. The Bertz CT molecular complexity index is 3300. The molecule has 0 atom stereocenters. The fourth-order valence-corrected chi connectivity index (χ4v) is 11.8. The number of benzene rings is 8. The first-order valence-corrected chi connectivity index (χ1v) is 26.0. The smallest absolute Gasteiger partial charge is 0.252 e. The molecule has 356 valence electrons. The van der Waals surface area contributed by atoms with Gasteiger partial charge in [-0.1, -0.05) is 179 Å². The summed E-state index contributed by atoms with van der Waals surface area (Å²) in [6.07, 6.45) is 2.14. The summed E-state index contributed by atoms with van der Waals surface area (Å²) in [4.78, 5) is 7.73. The van der Waals surface area contributed by atoms with E-state index in [-0.39, 0.29) is 28.4 Å². The molecule has 3 aliphatic rings. The summed E-state index contributed by atoms with van der Waals surface area (Å²) in [7, 11) is 0. The van der Waals surface area contributed by atoms with Crippen LogP contribution in [0.3, 0.4) is 0 Å². The van der Waals surface area contributed by atoms with Crippen LogP contribution in [0, 0.1) is 19.3 Å². The highest BCUT2D eigenvalue weighted by atomic mass is 15.2. The van der Waals surface area contributed by atoms with Crippen molar-refractivity contribution in [1.29, 1.82) is 0 Å². The lowest BCUT2D eigenvalue weighted by Crippen LogP contribution is -2.61. The van der Waals surface area contributed by atoms with E-state index in [4.69, 9.17) is 0 Å². The first-order chi connectivity index (χ1) is 33.6. The maximum absolute atomic E-state index is 2.63. The van der Waals surface area contributed by atoms with E-state index in [1.807, 2.05) is 0 Å². The molecule has 0 spiro atoms. The molecule has 1 aliphatic carbocycles. The number of hydrogen-bond acceptors (Lipinski definition) is 3. The van der Waals surface area contributed by atoms with Gasteiger partial charge in [0.05, 0.1) is 5.69 Å². The highest BCUT2D eigenvalue weighted by molar-refractivity contribution is 7.00. The molecule has 0 radical (unpaired) electrons. The fourth-order valence-electron chi connectivity index (χ4n) is 11.8. The van der Waals surface area contributed by atoms with Gasteiger partial charge in [-0.3, -0.25) is 0 Å². The topological polar surface area (TPSA) is 9.72 Å². The summed E-state index contributed by atoms with van der Waals surface area (Å²) in [5.41, 5.74) is 27.0. The molecule has 2 aliphatic heterocycles. The van der Waals surface area contributed by atoms with Crippen molar-refractivity contribution in [2.24, 2.45) is 5.41 Å². The normalized spacial score (nSPS) is 14.7. The van der Waals surface area contributed by atoms with E-state index in [1.165, 1.54) is 101 Å². The van der Waals surface area contributed by atoms with Crippen LogP contribution < -0.4 is 31.1 Å². The Balaban J connectivity index is 1.25. The van der Waals surface area contributed by atoms with Crippen LogP contribution in [0.15, 0.2) is 164 Å². The summed E-state index contributed by atoms with van der Waals surface area (Å²) in [6, 6.07) is 63.4. The van der Waals surface area contributed by atoms with Crippen LogP contribution in [0.5, 0.6) is 0 Å². The Morgan fingerprint density at radius 1 is 0.408 bits per heavy atom. The van der Waals surface area contributed by atoms with Gasteiger partial charge in [-0.05, 0) is 175 Å². The third-order valence-corrected chi connectivity index (χ3v) is 15.7. The van der Waals surface area contributed by atoms with Gasteiger partial charge >= 0.3 is 0 Å². The van der Waals surface area contributed by atoms with Gasteiger partial charge in [0.15, 0.2) is 0 Å². The van der Waals surface area contributed by atoms with Crippen LogP contribution in [0.25, 0.3) is 11.1 Å². The molecule has 11 rings (SSSR count). The first-order valence-electron chi connectivity index (χ1n) is 26.0. The van der Waals surface area contributed by atoms with Gasteiger partial charge in [-0.25, -0.2) is 0 Å². The Morgan fingerprint density at radius 3 is 1.31 bits per heavy atom. The van der Waals surface area contributed by atoms with E-state index in [0.717, 1.165) is 29.9 Å². The summed E-state index contributed by atoms with van der Waals surface area (Å²) in [5, 5.41) is 0.